The molecule has 0 amide bonds. The van der Waals surface area contributed by atoms with Crippen molar-refractivity contribution in [3.8, 4) is 5.75 Å². The number of fused-ring (bicyclic) bond motifs is 1. The summed E-state index contributed by atoms with van der Waals surface area (Å²) in [4.78, 5) is 4.61. The summed E-state index contributed by atoms with van der Waals surface area (Å²) in [6.07, 6.45) is 0.874. The smallest absolute Gasteiger partial charge is 0.191 e. The van der Waals surface area contributed by atoms with Gasteiger partial charge in [-0.1, -0.05) is 18.2 Å². The second-order valence-corrected chi connectivity index (χ2v) is 6.67. The predicted molar refractivity (Wildman–Crippen MR) is 100 cm³/mol. The number of aliphatic imine (C=N–C) groups is 1. The maximum Gasteiger partial charge on any atom is 0.191 e. The van der Waals surface area contributed by atoms with Crippen molar-refractivity contribution in [1.29, 1.82) is 0 Å². The van der Waals surface area contributed by atoms with Crippen LogP contribution < -0.4 is 15.4 Å². The van der Waals surface area contributed by atoms with Crippen molar-refractivity contribution in [2.45, 2.75) is 38.8 Å². The summed E-state index contributed by atoms with van der Waals surface area (Å²) in [5.74, 6) is 1.74. The summed E-state index contributed by atoms with van der Waals surface area (Å²) in [5, 5.41) is 6.86. The summed E-state index contributed by atoms with van der Waals surface area (Å²) in [7, 11) is 1.67. The number of para-hydroxylation sites is 1. The van der Waals surface area contributed by atoms with Crippen molar-refractivity contribution in [2.75, 3.05) is 40.0 Å². The number of nitrogens with one attached hydrogen (secondary N) is 2. The molecule has 0 saturated carbocycles. The zero-order valence-electron chi connectivity index (χ0n) is 15.8. The molecule has 0 aromatic heterocycles. The molecular weight excluding hydrogens is 318 g/mol. The Kier molecular flexibility index (Phi) is 7.52. The SMILES string of the molecule is CCNC(=NCCOCCOC)NC1CC(C)(C)Oc2ccccc21. The molecule has 2 rings (SSSR count). The Morgan fingerprint density at radius 1 is 1.28 bits per heavy atom. The molecule has 0 saturated heterocycles. The molecule has 1 aromatic carbocycles. The Morgan fingerprint density at radius 3 is 2.84 bits per heavy atom. The first-order valence-electron chi connectivity index (χ1n) is 8.95. The van der Waals surface area contributed by atoms with Crippen molar-refractivity contribution >= 4 is 5.96 Å². The third-order valence-electron chi connectivity index (χ3n) is 3.97. The number of rotatable bonds is 8. The Balaban J connectivity index is 2.00. The second kappa shape index (κ2) is 9.63. The lowest BCUT2D eigenvalue weighted by Gasteiger charge is -2.38. The first kappa shape index (κ1) is 19.5. The minimum absolute atomic E-state index is 0.159. The third kappa shape index (κ3) is 6.21. The fourth-order valence-electron chi connectivity index (χ4n) is 2.88. The van der Waals surface area contributed by atoms with E-state index in [0.717, 1.165) is 24.7 Å². The lowest BCUT2D eigenvalue weighted by molar-refractivity contribution is 0.0692. The molecule has 2 N–H and O–H groups in total. The highest BCUT2D eigenvalue weighted by atomic mass is 16.5. The molecule has 1 unspecified atom stereocenters. The average Bonchev–Trinajstić information content (AvgIpc) is 2.57. The van der Waals surface area contributed by atoms with Crippen molar-refractivity contribution in [1.82, 2.24) is 10.6 Å². The van der Waals surface area contributed by atoms with Crippen molar-refractivity contribution in [3.05, 3.63) is 29.8 Å². The number of ether oxygens (including phenoxy) is 3. The van der Waals surface area contributed by atoms with E-state index < -0.39 is 0 Å². The van der Waals surface area contributed by atoms with Crippen LogP contribution in [0.2, 0.25) is 0 Å². The summed E-state index contributed by atoms with van der Waals surface area (Å²) < 4.78 is 16.5. The number of hydrogen-bond acceptors (Lipinski definition) is 4. The van der Waals surface area contributed by atoms with Crippen molar-refractivity contribution < 1.29 is 14.2 Å². The van der Waals surface area contributed by atoms with Crippen LogP contribution >= 0.6 is 0 Å². The first-order chi connectivity index (χ1) is 12.1. The zero-order chi connectivity index (χ0) is 18.1. The number of hydrogen-bond donors (Lipinski definition) is 2. The summed E-state index contributed by atoms with van der Waals surface area (Å²) in [5.41, 5.74) is 0.954. The molecule has 140 valence electrons. The van der Waals surface area contributed by atoms with Gasteiger partial charge < -0.3 is 24.8 Å². The van der Waals surface area contributed by atoms with Gasteiger partial charge in [0.25, 0.3) is 0 Å². The molecule has 1 aromatic rings. The van der Waals surface area contributed by atoms with E-state index in [1.54, 1.807) is 7.11 Å². The minimum atomic E-state index is -0.216. The van der Waals surface area contributed by atoms with Crippen LogP contribution in [0, 0.1) is 0 Å². The molecule has 6 heteroatoms. The maximum atomic E-state index is 6.09. The van der Waals surface area contributed by atoms with Crippen LogP contribution in [-0.2, 0) is 9.47 Å². The molecule has 1 aliphatic heterocycles. The fraction of sp³-hybridized carbons (Fsp3) is 0.632. The van der Waals surface area contributed by atoms with Crippen LogP contribution in [0.3, 0.4) is 0 Å². The van der Waals surface area contributed by atoms with E-state index in [1.807, 2.05) is 18.2 Å². The van der Waals surface area contributed by atoms with Gasteiger partial charge in [-0.2, -0.15) is 0 Å². The molecule has 0 aliphatic carbocycles. The van der Waals surface area contributed by atoms with Gasteiger partial charge in [-0.3, -0.25) is 4.99 Å². The lowest BCUT2D eigenvalue weighted by atomic mass is 9.90. The molecule has 1 aliphatic rings. The van der Waals surface area contributed by atoms with Crippen LogP contribution in [-0.4, -0.2) is 51.6 Å². The van der Waals surface area contributed by atoms with Crippen LogP contribution in [0.25, 0.3) is 0 Å². The van der Waals surface area contributed by atoms with Crippen molar-refractivity contribution in [3.63, 3.8) is 0 Å². The summed E-state index contributed by atoms with van der Waals surface area (Å²) >= 11 is 0. The topological polar surface area (TPSA) is 64.1 Å². The van der Waals surface area contributed by atoms with Crippen LogP contribution in [0.15, 0.2) is 29.3 Å². The number of benzene rings is 1. The highest BCUT2D eigenvalue weighted by molar-refractivity contribution is 5.80. The quantitative estimate of drug-likeness (QED) is 0.429. The van der Waals surface area contributed by atoms with Gasteiger partial charge >= 0.3 is 0 Å². The molecule has 0 spiro atoms. The van der Waals surface area contributed by atoms with Crippen LogP contribution in [0.4, 0.5) is 0 Å². The molecule has 1 heterocycles. The Morgan fingerprint density at radius 2 is 2.08 bits per heavy atom. The molecule has 0 bridgehead atoms. The van der Waals surface area contributed by atoms with E-state index in [9.17, 15) is 0 Å². The van der Waals surface area contributed by atoms with Gasteiger partial charge in [-0.15, -0.1) is 0 Å². The lowest BCUT2D eigenvalue weighted by Crippen LogP contribution is -2.45. The van der Waals surface area contributed by atoms with Crippen molar-refractivity contribution in [2.24, 2.45) is 4.99 Å². The van der Waals surface area contributed by atoms with Gasteiger partial charge in [0, 0.05) is 25.6 Å². The molecule has 0 fully saturated rings. The average molecular weight is 349 g/mol. The number of guanidine groups is 1. The van der Waals surface area contributed by atoms with Crippen LogP contribution in [0.1, 0.15) is 38.8 Å². The molecule has 6 nitrogen and oxygen atoms in total. The summed E-state index contributed by atoms with van der Waals surface area (Å²) in [6.45, 7) is 9.49. The monoisotopic (exact) mass is 349 g/mol. The van der Waals surface area contributed by atoms with E-state index in [2.05, 4.69) is 42.5 Å². The number of methoxy groups -OCH3 is 1. The zero-order valence-corrected chi connectivity index (χ0v) is 15.8. The normalized spacial score (nSPS) is 19.0. The maximum absolute atomic E-state index is 6.09. The Labute approximate surface area is 151 Å². The van der Waals surface area contributed by atoms with Gasteiger partial charge in [-0.05, 0) is 26.8 Å². The highest BCUT2D eigenvalue weighted by Crippen LogP contribution is 2.39. The molecular formula is C19H31N3O3. The Bertz CT molecular complexity index is 561. The van der Waals surface area contributed by atoms with E-state index in [-0.39, 0.29) is 11.6 Å². The molecule has 1 atom stereocenters. The second-order valence-electron chi connectivity index (χ2n) is 6.67. The molecule has 0 radical (unpaired) electrons. The van der Waals surface area contributed by atoms with E-state index >= 15 is 0 Å². The van der Waals surface area contributed by atoms with Gasteiger partial charge in [0.05, 0.1) is 32.4 Å². The standard InChI is InChI=1S/C19H31N3O3/c1-5-20-18(21-10-11-24-13-12-23-4)22-16-14-19(2,3)25-17-9-7-6-8-15(16)17/h6-9,16H,5,10-14H2,1-4H3,(H2,20,21,22). The predicted octanol–water partition coefficient (Wildman–Crippen LogP) is 2.51. The fourth-order valence-corrected chi connectivity index (χ4v) is 2.88. The van der Waals surface area contributed by atoms with Gasteiger partial charge in [0.15, 0.2) is 5.96 Å². The van der Waals surface area contributed by atoms with E-state index in [0.29, 0.717) is 26.4 Å². The van der Waals surface area contributed by atoms with E-state index in [4.69, 9.17) is 14.2 Å². The Hall–Kier alpha value is -1.79. The minimum Gasteiger partial charge on any atom is -0.487 e. The molecule has 25 heavy (non-hydrogen) atoms. The van der Waals surface area contributed by atoms with Gasteiger partial charge in [0.1, 0.15) is 11.4 Å². The third-order valence-corrected chi connectivity index (χ3v) is 3.97. The van der Waals surface area contributed by atoms with Gasteiger partial charge in [-0.25, -0.2) is 0 Å². The number of nitrogens with zero attached hydrogens (tertiary/aromatic N) is 1. The first-order valence-corrected chi connectivity index (χ1v) is 8.95. The van der Waals surface area contributed by atoms with Gasteiger partial charge in [0.2, 0.25) is 0 Å². The van der Waals surface area contributed by atoms with E-state index in [1.165, 1.54) is 5.56 Å². The summed E-state index contributed by atoms with van der Waals surface area (Å²) in [6, 6.07) is 8.35. The van der Waals surface area contributed by atoms with Crippen LogP contribution in [0.5, 0.6) is 5.75 Å². The largest absolute Gasteiger partial charge is 0.487 e. The highest BCUT2D eigenvalue weighted by Gasteiger charge is 2.33.